The van der Waals surface area contributed by atoms with Crippen molar-refractivity contribution in [2.45, 2.75) is 64.3 Å². The quantitative estimate of drug-likeness (QED) is 0.907. The normalized spacial score (nSPS) is 19.6. The summed E-state index contributed by atoms with van der Waals surface area (Å²) in [5, 5.41) is 3.21. The fraction of sp³-hybridized carbons (Fsp3) is 0.619. The number of amides is 2. The number of rotatable bonds is 4. The lowest BCUT2D eigenvalue weighted by atomic mass is 9.91. The van der Waals surface area contributed by atoms with Crippen molar-refractivity contribution in [1.29, 1.82) is 0 Å². The van der Waals surface area contributed by atoms with Crippen molar-refractivity contribution in [2.75, 3.05) is 13.1 Å². The summed E-state index contributed by atoms with van der Waals surface area (Å²) in [7, 11) is 0. The summed E-state index contributed by atoms with van der Waals surface area (Å²) < 4.78 is 0. The molecule has 0 bridgehead atoms. The van der Waals surface area contributed by atoms with Gasteiger partial charge in [-0.2, -0.15) is 0 Å². The Hall–Kier alpha value is -1.84. The predicted molar refractivity (Wildman–Crippen MR) is 99.4 cm³/mol. The van der Waals surface area contributed by atoms with Crippen molar-refractivity contribution in [3.63, 3.8) is 0 Å². The maximum atomic E-state index is 12.5. The molecule has 1 aliphatic carbocycles. The highest BCUT2D eigenvalue weighted by Crippen LogP contribution is 2.23. The van der Waals surface area contributed by atoms with Crippen molar-refractivity contribution in [3.05, 3.63) is 35.4 Å². The van der Waals surface area contributed by atoms with Crippen LogP contribution in [0.25, 0.3) is 0 Å². The molecule has 2 fully saturated rings. The van der Waals surface area contributed by atoms with Gasteiger partial charge in [0, 0.05) is 31.1 Å². The van der Waals surface area contributed by atoms with Crippen LogP contribution in [0.5, 0.6) is 0 Å². The van der Waals surface area contributed by atoms with Gasteiger partial charge in [-0.25, -0.2) is 0 Å². The molecule has 1 N–H and O–H groups in total. The Morgan fingerprint density at radius 2 is 1.64 bits per heavy atom. The topological polar surface area (TPSA) is 49.4 Å². The lowest BCUT2D eigenvalue weighted by Gasteiger charge is -2.32. The van der Waals surface area contributed by atoms with Gasteiger partial charge in [-0.3, -0.25) is 9.59 Å². The van der Waals surface area contributed by atoms with Crippen LogP contribution in [0.4, 0.5) is 0 Å². The molecule has 0 radical (unpaired) electrons. The van der Waals surface area contributed by atoms with Crippen molar-refractivity contribution in [3.8, 4) is 0 Å². The molecular weight excluding hydrogens is 312 g/mol. The van der Waals surface area contributed by atoms with Gasteiger partial charge in [0.25, 0.3) is 5.91 Å². The molecule has 1 saturated heterocycles. The van der Waals surface area contributed by atoms with Gasteiger partial charge in [0.05, 0.1) is 0 Å². The standard InChI is InChI=1S/C21H30N2O2/c1-16-7-9-18(10-8-16)21(25)23-13-11-17(12-14-23)15-20(24)22-19-5-3-2-4-6-19/h7-10,17,19H,2-6,11-15H2,1H3,(H,22,24). The Labute approximate surface area is 151 Å². The smallest absolute Gasteiger partial charge is 0.253 e. The maximum Gasteiger partial charge on any atom is 0.253 e. The van der Waals surface area contributed by atoms with E-state index in [2.05, 4.69) is 5.32 Å². The minimum absolute atomic E-state index is 0.116. The Morgan fingerprint density at radius 3 is 2.28 bits per heavy atom. The number of hydrogen-bond acceptors (Lipinski definition) is 2. The first-order valence-electron chi connectivity index (χ1n) is 9.77. The van der Waals surface area contributed by atoms with E-state index >= 15 is 0 Å². The molecule has 1 aromatic rings. The van der Waals surface area contributed by atoms with E-state index in [-0.39, 0.29) is 11.8 Å². The lowest BCUT2D eigenvalue weighted by molar-refractivity contribution is -0.123. The second-order valence-corrected chi connectivity index (χ2v) is 7.71. The SMILES string of the molecule is Cc1ccc(C(=O)N2CCC(CC(=O)NC3CCCCC3)CC2)cc1. The summed E-state index contributed by atoms with van der Waals surface area (Å²) in [5.41, 5.74) is 1.93. The number of likely N-dealkylation sites (tertiary alicyclic amines) is 1. The molecule has 3 rings (SSSR count). The molecule has 25 heavy (non-hydrogen) atoms. The van der Waals surface area contributed by atoms with Crippen LogP contribution in [0.15, 0.2) is 24.3 Å². The molecule has 0 unspecified atom stereocenters. The first-order chi connectivity index (χ1) is 12.1. The molecule has 0 spiro atoms. The number of nitrogens with zero attached hydrogens (tertiary/aromatic N) is 1. The number of nitrogens with one attached hydrogen (secondary N) is 1. The summed E-state index contributed by atoms with van der Waals surface area (Å²) in [6.45, 7) is 3.54. The molecule has 2 aliphatic rings. The molecule has 1 aromatic carbocycles. The first-order valence-corrected chi connectivity index (χ1v) is 9.77. The summed E-state index contributed by atoms with van der Waals surface area (Å²) in [6.07, 6.45) is 8.52. The van der Waals surface area contributed by atoms with Crippen molar-refractivity contribution in [1.82, 2.24) is 10.2 Å². The molecule has 0 atom stereocenters. The molecule has 0 aromatic heterocycles. The van der Waals surface area contributed by atoms with Crippen LogP contribution in [0.1, 0.15) is 67.3 Å². The average Bonchev–Trinajstić information content (AvgIpc) is 2.63. The molecule has 4 nitrogen and oxygen atoms in total. The van der Waals surface area contributed by atoms with Crippen LogP contribution in [0.3, 0.4) is 0 Å². The monoisotopic (exact) mass is 342 g/mol. The number of hydrogen-bond donors (Lipinski definition) is 1. The van der Waals surface area contributed by atoms with E-state index in [1.807, 2.05) is 36.1 Å². The van der Waals surface area contributed by atoms with Gasteiger partial charge in [0.2, 0.25) is 5.91 Å². The lowest BCUT2D eigenvalue weighted by Crippen LogP contribution is -2.41. The van der Waals surface area contributed by atoms with Crippen molar-refractivity contribution < 1.29 is 9.59 Å². The van der Waals surface area contributed by atoms with Gasteiger partial charge in [-0.1, -0.05) is 37.0 Å². The number of benzene rings is 1. The van der Waals surface area contributed by atoms with E-state index < -0.39 is 0 Å². The summed E-state index contributed by atoms with van der Waals surface area (Å²) in [6, 6.07) is 8.16. The van der Waals surface area contributed by atoms with E-state index in [4.69, 9.17) is 0 Å². The Bertz CT molecular complexity index is 582. The molecule has 1 heterocycles. The summed E-state index contributed by atoms with van der Waals surface area (Å²) in [5.74, 6) is 0.728. The van der Waals surface area contributed by atoms with E-state index in [1.165, 1.54) is 24.8 Å². The fourth-order valence-corrected chi connectivity index (χ4v) is 4.01. The summed E-state index contributed by atoms with van der Waals surface area (Å²) in [4.78, 5) is 26.7. The van der Waals surface area contributed by atoms with Crippen LogP contribution < -0.4 is 5.32 Å². The number of aryl methyl sites for hydroxylation is 1. The molecule has 4 heteroatoms. The third-order valence-electron chi connectivity index (χ3n) is 5.64. The Morgan fingerprint density at radius 1 is 1.00 bits per heavy atom. The van der Waals surface area contributed by atoms with Crippen molar-refractivity contribution in [2.24, 2.45) is 5.92 Å². The van der Waals surface area contributed by atoms with Gasteiger partial charge in [-0.05, 0) is 50.7 Å². The highest BCUT2D eigenvalue weighted by atomic mass is 16.2. The zero-order valence-corrected chi connectivity index (χ0v) is 15.3. The Kier molecular flexibility index (Phi) is 6.11. The second-order valence-electron chi connectivity index (χ2n) is 7.71. The minimum atomic E-state index is 0.116. The van der Waals surface area contributed by atoms with E-state index in [1.54, 1.807) is 0 Å². The third kappa shape index (κ3) is 5.07. The van der Waals surface area contributed by atoms with E-state index in [0.717, 1.165) is 44.3 Å². The highest BCUT2D eigenvalue weighted by Gasteiger charge is 2.26. The number of carbonyl (C=O) groups is 2. The summed E-state index contributed by atoms with van der Waals surface area (Å²) >= 11 is 0. The zero-order chi connectivity index (χ0) is 17.6. The van der Waals surface area contributed by atoms with E-state index in [0.29, 0.717) is 18.4 Å². The van der Waals surface area contributed by atoms with Crippen molar-refractivity contribution >= 4 is 11.8 Å². The predicted octanol–water partition coefficient (Wildman–Crippen LogP) is 3.69. The molecular formula is C21H30N2O2. The average molecular weight is 342 g/mol. The molecule has 1 saturated carbocycles. The third-order valence-corrected chi connectivity index (χ3v) is 5.64. The maximum absolute atomic E-state index is 12.5. The first kappa shape index (κ1) is 18.0. The van der Waals surface area contributed by atoms with Crippen LogP contribution in [0.2, 0.25) is 0 Å². The van der Waals surface area contributed by atoms with Gasteiger partial charge in [-0.15, -0.1) is 0 Å². The zero-order valence-electron chi connectivity index (χ0n) is 15.3. The number of carbonyl (C=O) groups excluding carboxylic acids is 2. The molecule has 136 valence electrons. The largest absolute Gasteiger partial charge is 0.353 e. The highest BCUT2D eigenvalue weighted by molar-refractivity contribution is 5.94. The molecule has 1 aliphatic heterocycles. The van der Waals surface area contributed by atoms with Gasteiger partial charge in [0.15, 0.2) is 0 Å². The minimum Gasteiger partial charge on any atom is -0.353 e. The fourth-order valence-electron chi connectivity index (χ4n) is 4.01. The second kappa shape index (κ2) is 8.50. The van der Waals surface area contributed by atoms with Crippen LogP contribution in [0, 0.1) is 12.8 Å². The van der Waals surface area contributed by atoms with Gasteiger partial charge in [0.1, 0.15) is 0 Å². The van der Waals surface area contributed by atoms with Crippen LogP contribution in [-0.4, -0.2) is 35.8 Å². The van der Waals surface area contributed by atoms with E-state index in [9.17, 15) is 9.59 Å². The Balaban J connectivity index is 1.42. The molecule has 2 amide bonds. The number of piperidine rings is 1. The van der Waals surface area contributed by atoms with Gasteiger partial charge < -0.3 is 10.2 Å². The van der Waals surface area contributed by atoms with Crippen LogP contribution >= 0.6 is 0 Å². The van der Waals surface area contributed by atoms with Crippen LogP contribution in [-0.2, 0) is 4.79 Å². The van der Waals surface area contributed by atoms with Gasteiger partial charge >= 0.3 is 0 Å².